The molecule has 2 nitrogen and oxygen atoms in total. The summed E-state index contributed by atoms with van der Waals surface area (Å²) in [5, 5.41) is 0. The van der Waals surface area contributed by atoms with Crippen molar-refractivity contribution in [3.8, 4) is 0 Å². The van der Waals surface area contributed by atoms with Crippen LogP contribution in [0.4, 0.5) is 0 Å². The van der Waals surface area contributed by atoms with Crippen molar-refractivity contribution in [2.75, 3.05) is 32.8 Å². The van der Waals surface area contributed by atoms with Crippen LogP contribution in [0.25, 0.3) is 0 Å². The third kappa shape index (κ3) is 5.56. The van der Waals surface area contributed by atoms with E-state index in [-0.39, 0.29) is 0 Å². The Morgan fingerprint density at radius 2 is 1.67 bits per heavy atom. The first kappa shape index (κ1) is 19.0. The van der Waals surface area contributed by atoms with Gasteiger partial charge in [0, 0.05) is 6.42 Å². The van der Waals surface area contributed by atoms with Crippen molar-refractivity contribution in [2.45, 2.75) is 73.3 Å². The Morgan fingerprint density at radius 3 is 2.19 bits per heavy atom. The highest BCUT2D eigenvalue weighted by Crippen LogP contribution is 2.35. The average Bonchev–Trinajstić information content (AvgIpc) is 2.48. The smallest absolute Gasteiger partial charge is 0.0808 e. The highest BCUT2D eigenvalue weighted by atomic mass is 16.5. The van der Waals surface area contributed by atoms with Gasteiger partial charge in [0.25, 0.3) is 0 Å². The van der Waals surface area contributed by atoms with E-state index < -0.39 is 0 Å². The van der Waals surface area contributed by atoms with Gasteiger partial charge in [0.1, 0.15) is 0 Å². The van der Waals surface area contributed by atoms with Crippen molar-refractivity contribution in [2.24, 2.45) is 17.8 Å². The Balaban J connectivity index is 2.38. The fourth-order valence-corrected chi connectivity index (χ4v) is 4.09. The number of ether oxygens (including phenoxy) is 1. The Kier molecular flexibility index (Phi) is 8.26. The lowest BCUT2D eigenvalue weighted by atomic mass is 9.75. The molecule has 0 radical (unpaired) electrons. The zero-order valence-electron chi connectivity index (χ0n) is 15.5. The Morgan fingerprint density at radius 1 is 1.05 bits per heavy atom. The molecule has 1 rings (SSSR count). The number of hydrogen-bond donors (Lipinski definition) is 0. The molecule has 126 valence electrons. The number of rotatable bonds is 9. The van der Waals surface area contributed by atoms with Gasteiger partial charge < -0.3 is 9.22 Å². The van der Waals surface area contributed by atoms with E-state index in [0.717, 1.165) is 24.4 Å². The molecule has 1 fully saturated rings. The summed E-state index contributed by atoms with van der Waals surface area (Å²) in [7, 11) is 0. The van der Waals surface area contributed by atoms with Crippen molar-refractivity contribution < 1.29 is 9.22 Å². The van der Waals surface area contributed by atoms with E-state index in [2.05, 4.69) is 41.5 Å². The molecule has 1 aliphatic carbocycles. The minimum atomic E-state index is 0.514. The van der Waals surface area contributed by atoms with Crippen LogP contribution in [-0.2, 0) is 4.74 Å². The van der Waals surface area contributed by atoms with Gasteiger partial charge in [-0.2, -0.15) is 0 Å². The monoisotopic (exact) mass is 298 g/mol. The highest BCUT2D eigenvalue weighted by molar-refractivity contribution is 4.81. The Bertz CT molecular complexity index is 264. The maximum atomic E-state index is 6.35. The fraction of sp³-hybridized carbons (Fsp3) is 1.00. The minimum absolute atomic E-state index is 0.514. The van der Waals surface area contributed by atoms with Gasteiger partial charge in [-0.15, -0.1) is 0 Å². The lowest BCUT2D eigenvalue weighted by molar-refractivity contribution is -0.923. The van der Waals surface area contributed by atoms with Gasteiger partial charge >= 0.3 is 0 Å². The predicted octanol–water partition coefficient (Wildman–Crippen LogP) is 4.73. The van der Waals surface area contributed by atoms with Gasteiger partial charge in [0.15, 0.2) is 0 Å². The molecule has 0 spiro atoms. The molecule has 0 heterocycles. The number of nitrogens with zero attached hydrogens (tertiary/aromatic N) is 1. The molecule has 0 unspecified atom stereocenters. The SMILES string of the molecule is CC[N+](CC)(CC)CCCO[C@@H]1C[C@@H](C)CC[C@H]1C(C)C. The van der Waals surface area contributed by atoms with Gasteiger partial charge in [-0.25, -0.2) is 0 Å². The quantitative estimate of drug-likeness (QED) is 0.442. The van der Waals surface area contributed by atoms with Gasteiger partial charge in [-0.3, -0.25) is 0 Å². The topological polar surface area (TPSA) is 9.23 Å². The minimum Gasteiger partial charge on any atom is -0.378 e. The van der Waals surface area contributed by atoms with E-state index in [1.54, 1.807) is 0 Å². The molecule has 0 aliphatic heterocycles. The van der Waals surface area contributed by atoms with Crippen LogP contribution in [0.1, 0.15) is 67.2 Å². The summed E-state index contributed by atoms with van der Waals surface area (Å²) >= 11 is 0. The van der Waals surface area contributed by atoms with Crippen LogP contribution in [0.5, 0.6) is 0 Å². The average molecular weight is 299 g/mol. The molecule has 1 saturated carbocycles. The third-order valence-corrected chi connectivity index (χ3v) is 6.08. The predicted molar refractivity (Wildman–Crippen MR) is 92.5 cm³/mol. The largest absolute Gasteiger partial charge is 0.378 e. The highest BCUT2D eigenvalue weighted by Gasteiger charge is 2.31. The summed E-state index contributed by atoms with van der Waals surface area (Å²) < 4.78 is 7.59. The molecule has 3 atom stereocenters. The first-order valence-electron chi connectivity index (χ1n) is 9.44. The van der Waals surface area contributed by atoms with Crippen LogP contribution in [0, 0.1) is 17.8 Å². The molecular formula is C19H40NO+. The summed E-state index contributed by atoms with van der Waals surface area (Å²) in [4.78, 5) is 0. The third-order valence-electron chi connectivity index (χ3n) is 6.08. The lowest BCUT2D eigenvalue weighted by Crippen LogP contribution is -2.48. The molecule has 0 N–H and O–H groups in total. The number of quaternary nitrogens is 1. The molecule has 0 aromatic heterocycles. The van der Waals surface area contributed by atoms with E-state index in [0.29, 0.717) is 6.10 Å². The summed E-state index contributed by atoms with van der Waals surface area (Å²) in [6, 6.07) is 0. The van der Waals surface area contributed by atoms with Crippen molar-refractivity contribution >= 4 is 0 Å². The molecule has 0 aromatic rings. The molecule has 1 aliphatic rings. The molecular weight excluding hydrogens is 258 g/mol. The first-order chi connectivity index (χ1) is 9.98. The van der Waals surface area contributed by atoms with Crippen LogP contribution in [0.3, 0.4) is 0 Å². The van der Waals surface area contributed by atoms with E-state index in [1.165, 1.54) is 56.3 Å². The van der Waals surface area contributed by atoms with Gasteiger partial charge in [0.2, 0.25) is 0 Å². The zero-order chi connectivity index (χ0) is 15.9. The number of hydrogen-bond acceptors (Lipinski definition) is 1. The van der Waals surface area contributed by atoms with E-state index in [9.17, 15) is 0 Å². The summed E-state index contributed by atoms with van der Waals surface area (Å²) in [5.41, 5.74) is 0. The second-order valence-electron chi connectivity index (χ2n) is 7.60. The normalized spacial score (nSPS) is 27.3. The van der Waals surface area contributed by atoms with Gasteiger partial charge in [-0.05, 0) is 51.4 Å². The first-order valence-corrected chi connectivity index (χ1v) is 9.44. The zero-order valence-corrected chi connectivity index (χ0v) is 15.5. The van der Waals surface area contributed by atoms with Crippen LogP contribution in [0.2, 0.25) is 0 Å². The van der Waals surface area contributed by atoms with Crippen LogP contribution in [-0.4, -0.2) is 43.4 Å². The second kappa shape index (κ2) is 9.15. The molecule has 0 saturated heterocycles. The van der Waals surface area contributed by atoms with Crippen LogP contribution in [0.15, 0.2) is 0 Å². The Hall–Kier alpha value is -0.0800. The van der Waals surface area contributed by atoms with Gasteiger partial charge in [-0.1, -0.05) is 27.2 Å². The molecule has 21 heavy (non-hydrogen) atoms. The van der Waals surface area contributed by atoms with Crippen molar-refractivity contribution in [1.82, 2.24) is 0 Å². The van der Waals surface area contributed by atoms with E-state index in [1.807, 2.05) is 0 Å². The second-order valence-corrected chi connectivity index (χ2v) is 7.60. The van der Waals surface area contributed by atoms with Crippen molar-refractivity contribution in [3.05, 3.63) is 0 Å². The molecule has 0 bridgehead atoms. The molecule has 2 heteroatoms. The summed E-state index contributed by atoms with van der Waals surface area (Å²) in [6.45, 7) is 20.1. The van der Waals surface area contributed by atoms with Crippen molar-refractivity contribution in [3.63, 3.8) is 0 Å². The molecule has 0 amide bonds. The standard InChI is InChI=1S/C19H40NO/c1-7-20(8-2,9-3)13-10-14-21-19-15-17(6)11-12-18(19)16(4)5/h16-19H,7-15H2,1-6H3/q+1/t17-,18-,19+/m0/s1. The van der Waals surface area contributed by atoms with E-state index >= 15 is 0 Å². The fourth-order valence-electron chi connectivity index (χ4n) is 4.09. The lowest BCUT2D eigenvalue weighted by Gasteiger charge is -2.38. The van der Waals surface area contributed by atoms with Crippen LogP contribution >= 0.6 is 0 Å². The summed E-state index contributed by atoms with van der Waals surface area (Å²) in [5.74, 6) is 2.39. The maximum absolute atomic E-state index is 6.35. The summed E-state index contributed by atoms with van der Waals surface area (Å²) in [6.07, 6.45) is 5.76. The van der Waals surface area contributed by atoms with Crippen molar-refractivity contribution in [1.29, 1.82) is 0 Å². The Labute approximate surface area is 133 Å². The maximum Gasteiger partial charge on any atom is 0.0808 e. The van der Waals surface area contributed by atoms with Crippen LogP contribution < -0.4 is 0 Å². The van der Waals surface area contributed by atoms with Gasteiger partial charge in [0.05, 0.1) is 38.9 Å². The molecule has 0 aromatic carbocycles. The van der Waals surface area contributed by atoms with E-state index in [4.69, 9.17) is 4.74 Å².